The van der Waals surface area contributed by atoms with Crippen LogP contribution in [0.5, 0.6) is 0 Å². The molecule has 0 aromatic carbocycles. The van der Waals surface area contributed by atoms with E-state index in [1.54, 1.807) is 14.0 Å². The van der Waals surface area contributed by atoms with Crippen molar-refractivity contribution < 1.29 is 22.2 Å². The fourth-order valence-corrected chi connectivity index (χ4v) is 13.7. The Hall–Kier alpha value is -0.0425. The van der Waals surface area contributed by atoms with E-state index in [1.807, 2.05) is 0 Å². The highest BCUT2D eigenvalue weighted by atomic mass is 28.4. The van der Waals surface area contributed by atoms with Crippen LogP contribution >= 0.6 is 0 Å². The third-order valence-electron chi connectivity index (χ3n) is 3.34. The molecule has 0 radical (unpaired) electrons. The van der Waals surface area contributed by atoms with E-state index >= 15 is 0 Å². The molecule has 0 saturated heterocycles. The van der Waals surface area contributed by atoms with Crippen molar-refractivity contribution in [1.29, 1.82) is 0 Å². The second-order valence-corrected chi connectivity index (χ2v) is 21.0. The lowest BCUT2D eigenvalue weighted by Gasteiger charge is -2.28. The van der Waals surface area contributed by atoms with Gasteiger partial charge in [0.1, 0.15) is 9.76 Å². The van der Waals surface area contributed by atoms with E-state index in [0.717, 1.165) is 24.6 Å². The fourth-order valence-electron chi connectivity index (χ4n) is 2.00. The first-order valence-corrected chi connectivity index (χ1v) is 18.5. The average Bonchev–Trinajstić information content (AvgIpc) is 2.45. The fraction of sp³-hybridized carbons (Fsp3) is 0.800. The molecule has 0 amide bonds. The molecule has 0 aliphatic rings. The molecule has 142 valence electrons. The minimum Gasteiger partial charge on any atom is -0.462 e. The molecule has 0 fully saturated rings. The molecule has 0 aromatic heterocycles. The summed E-state index contributed by atoms with van der Waals surface area (Å²) in [7, 11) is -3.48. The summed E-state index contributed by atoms with van der Waals surface area (Å²) in [6, 6.07) is 3.17. The van der Waals surface area contributed by atoms with E-state index in [-0.39, 0.29) is 5.97 Å². The molecule has 1 unspecified atom stereocenters. The molecular weight excluding hydrogens is 373 g/mol. The van der Waals surface area contributed by atoms with Crippen LogP contribution in [-0.4, -0.2) is 55.4 Å². The molecule has 24 heavy (non-hydrogen) atoms. The Balaban J connectivity index is 3.92. The maximum absolute atomic E-state index is 11.3. The first-order valence-electron chi connectivity index (χ1n) is 8.64. The number of esters is 1. The largest absolute Gasteiger partial charge is 0.462 e. The zero-order valence-electron chi connectivity index (χ0n) is 16.6. The lowest BCUT2D eigenvalue weighted by atomic mass is 10.4. The molecule has 0 spiro atoms. The Morgan fingerprint density at radius 1 is 1.21 bits per heavy atom. The van der Waals surface area contributed by atoms with Crippen molar-refractivity contribution in [3.63, 3.8) is 0 Å². The standard InChI is InChI=1S/C15H36O5Si4/c1-14(2)15(16)18-10-9-11-21-19-24(7,8)13-12-22(17-3)20-23(4,5)6/h22H,1,9-13,21H2,2-8H3. The van der Waals surface area contributed by atoms with Crippen molar-refractivity contribution in [2.75, 3.05) is 13.7 Å². The number of ether oxygens (including phenoxy) is 1. The summed E-state index contributed by atoms with van der Waals surface area (Å²) >= 11 is 0. The summed E-state index contributed by atoms with van der Waals surface area (Å²) in [4.78, 5) is 11.3. The van der Waals surface area contributed by atoms with Crippen LogP contribution in [0.15, 0.2) is 12.2 Å². The molecule has 0 saturated carbocycles. The number of hydrogen-bond donors (Lipinski definition) is 0. The number of carbonyl (C=O) groups is 1. The normalized spacial score (nSPS) is 14.1. The Bertz CT molecular complexity index is 396. The molecule has 0 bridgehead atoms. The average molecular weight is 409 g/mol. The Morgan fingerprint density at radius 2 is 1.83 bits per heavy atom. The van der Waals surface area contributed by atoms with E-state index in [2.05, 4.69) is 39.3 Å². The molecule has 0 heterocycles. The molecule has 0 N–H and O–H groups in total. The number of carbonyl (C=O) groups excluding carboxylic acids is 1. The third kappa shape index (κ3) is 13.3. The van der Waals surface area contributed by atoms with Crippen molar-refractivity contribution in [2.45, 2.75) is 64.2 Å². The van der Waals surface area contributed by atoms with Gasteiger partial charge in [0.25, 0.3) is 0 Å². The minimum absolute atomic E-state index is 0.301. The van der Waals surface area contributed by atoms with E-state index < -0.39 is 35.7 Å². The van der Waals surface area contributed by atoms with Crippen LogP contribution < -0.4 is 0 Å². The highest BCUT2D eigenvalue weighted by Crippen LogP contribution is 2.18. The SMILES string of the molecule is C=C(C)C(=O)OCCC[SiH2]O[Si](C)(C)CC[SiH](OC)O[Si](C)(C)C. The van der Waals surface area contributed by atoms with Crippen LogP contribution in [0.2, 0.25) is 50.9 Å². The second-order valence-electron chi connectivity index (χ2n) is 7.67. The first-order chi connectivity index (χ1) is 11.0. The lowest BCUT2D eigenvalue weighted by molar-refractivity contribution is -0.138. The van der Waals surface area contributed by atoms with Crippen molar-refractivity contribution in [3.05, 3.63) is 12.2 Å². The molecule has 1 atom stereocenters. The van der Waals surface area contributed by atoms with Crippen LogP contribution in [0.1, 0.15) is 13.3 Å². The smallest absolute Gasteiger partial charge is 0.333 e. The highest BCUT2D eigenvalue weighted by Gasteiger charge is 2.28. The lowest BCUT2D eigenvalue weighted by Crippen LogP contribution is -2.39. The highest BCUT2D eigenvalue weighted by molar-refractivity contribution is 6.78. The van der Waals surface area contributed by atoms with Crippen molar-refractivity contribution in [1.82, 2.24) is 0 Å². The zero-order valence-corrected chi connectivity index (χ0v) is 21.1. The number of rotatable bonds is 13. The van der Waals surface area contributed by atoms with Gasteiger partial charge < -0.3 is 17.4 Å². The van der Waals surface area contributed by atoms with Gasteiger partial charge in [-0.15, -0.1) is 0 Å². The van der Waals surface area contributed by atoms with Gasteiger partial charge in [0, 0.05) is 12.7 Å². The summed E-state index contributed by atoms with van der Waals surface area (Å²) < 4.78 is 23.1. The quantitative estimate of drug-likeness (QED) is 0.203. The van der Waals surface area contributed by atoms with Gasteiger partial charge in [0.2, 0.25) is 0 Å². The van der Waals surface area contributed by atoms with Crippen molar-refractivity contribution >= 4 is 41.7 Å². The van der Waals surface area contributed by atoms with Crippen LogP contribution in [0.4, 0.5) is 0 Å². The van der Waals surface area contributed by atoms with Crippen LogP contribution in [0.25, 0.3) is 0 Å². The summed E-state index contributed by atoms with van der Waals surface area (Å²) in [5, 5.41) is 0. The first kappa shape index (κ1) is 24.0. The molecule has 5 nitrogen and oxygen atoms in total. The molecule has 0 aliphatic carbocycles. The predicted molar refractivity (Wildman–Crippen MR) is 111 cm³/mol. The van der Waals surface area contributed by atoms with Gasteiger partial charge in [-0.1, -0.05) is 6.58 Å². The van der Waals surface area contributed by atoms with E-state index in [0.29, 0.717) is 12.2 Å². The maximum Gasteiger partial charge on any atom is 0.333 e. The van der Waals surface area contributed by atoms with Crippen LogP contribution in [-0.2, 0) is 22.2 Å². The minimum atomic E-state index is -1.63. The van der Waals surface area contributed by atoms with E-state index in [1.165, 1.54) is 0 Å². The maximum atomic E-state index is 11.3. The topological polar surface area (TPSA) is 54.0 Å². The van der Waals surface area contributed by atoms with Gasteiger partial charge >= 0.3 is 15.3 Å². The molecule has 0 rings (SSSR count). The van der Waals surface area contributed by atoms with E-state index in [9.17, 15) is 4.79 Å². The molecule has 0 aromatic rings. The van der Waals surface area contributed by atoms with Crippen LogP contribution in [0.3, 0.4) is 0 Å². The van der Waals surface area contributed by atoms with Gasteiger partial charge in [-0.2, -0.15) is 0 Å². The van der Waals surface area contributed by atoms with Crippen molar-refractivity contribution in [2.24, 2.45) is 0 Å². The summed E-state index contributed by atoms with van der Waals surface area (Å²) in [5.74, 6) is -0.301. The zero-order chi connectivity index (χ0) is 18.8. The monoisotopic (exact) mass is 408 g/mol. The number of hydrogen-bond acceptors (Lipinski definition) is 5. The summed E-state index contributed by atoms with van der Waals surface area (Å²) in [6.07, 6.45) is 0.879. The van der Waals surface area contributed by atoms with Gasteiger partial charge in [-0.05, 0) is 64.2 Å². The van der Waals surface area contributed by atoms with Gasteiger partial charge in [0.15, 0.2) is 16.6 Å². The van der Waals surface area contributed by atoms with Gasteiger partial charge in [-0.25, -0.2) is 4.79 Å². The second kappa shape index (κ2) is 11.5. The summed E-state index contributed by atoms with van der Waals surface area (Å²) in [6.45, 7) is 16.9. The summed E-state index contributed by atoms with van der Waals surface area (Å²) in [5.41, 5.74) is 0.453. The van der Waals surface area contributed by atoms with Gasteiger partial charge in [-0.3, -0.25) is 0 Å². The molecule has 9 heteroatoms. The van der Waals surface area contributed by atoms with E-state index in [4.69, 9.17) is 17.4 Å². The Labute approximate surface area is 154 Å². The molecular formula is C15H36O5Si4. The third-order valence-corrected chi connectivity index (χ3v) is 15.3. The van der Waals surface area contributed by atoms with Gasteiger partial charge in [0.05, 0.1) is 6.61 Å². The molecule has 0 aliphatic heterocycles. The Morgan fingerprint density at radius 3 is 2.33 bits per heavy atom. The Kier molecular flexibility index (Phi) is 11.5. The van der Waals surface area contributed by atoms with Crippen molar-refractivity contribution in [3.8, 4) is 0 Å². The predicted octanol–water partition coefficient (Wildman–Crippen LogP) is 2.94. The van der Waals surface area contributed by atoms with Crippen LogP contribution in [0, 0.1) is 0 Å².